The highest BCUT2D eigenvalue weighted by molar-refractivity contribution is 5.49. The summed E-state index contributed by atoms with van der Waals surface area (Å²) in [7, 11) is 0. The molecule has 2 bridgehead atoms. The Morgan fingerprint density at radius 1 is 1.33 bits per heavy atom. The molecule has 1 aromatic rings. The van der Waals surface area contributed by atoms with Crippen molar-refractivity contribution in [2.24, 2.45) is 0 Å². The van der Waals surface area contributed by atoms with Crippen LogP contribution in [-0.4, -0.2) is 28.3 Å². The Bertz CT molecular complexity index is 494. The Morgan fingerprint density at radius 3 is 2.61 bits per heavy atom. The van der Waals surface area contributed by atoms with E-state index in [0.29, 0.717) is 17.6 Å². The van der Waals surface area contributed by atoms with Gasteiger partial charge in [0, 0.05) is 17.8 Å². The molecule has 3 heterocycles. The molecule has 2 saturated heterocycles. The molecular formula is C14H17N3O. The summed E-state index contributed by atoms with van der Waals surface area (Å²) in [6, 6.07) is 6.65. The Kier molecular flexibility index (Phi) is 2.71. The second-order valence-corrected chi connectivity index (χ2v) is 5.38. The molecule has 0 saturated carbocycles. The monoisotopic (exact) mass is 243 g/mol. The zero-order valence-electron chi connectivity index (χ0n) is 10.5. The number of fused-ring (bicyclic) bond motifs is 2. The quantitative estimate of drug-likeness (QED) is 0.816. The predicted octanol–water partition coefficient (Wildman–Crippen LogP) is 1.75. The first-order valence-electron chi connectivity index (χ1n) is 6.52. The van der Waals surface area contributed by atoms with Gasteiger partial charge in [0.05, 0.1) is 17.7 Å². The van der Waals surface area contributed by atoms with E-state index in [1.54, 1.807) is 0 Å². The van der Waals surface area contributed by atoms with Crippen molar-refractivity contribution >= 4 is 5.82 Å². The number of rotatable bonds is 1. The summed E-state index contributed by atoms with van der Waals surface area (Å²) in [5, 5.41) is 18.8. The van der Waals surface area contributed by atoms with Crippen LogP contribution in [0.15, 0.2) is 12.1 Å². The highest BCUT2D eigenvalue weighted by Gasteiger charge is 2.40. The van der Waals surface area contributed by atoms with Crippen LogP contribution in [0.4, 0.5) is 5.82 Å². The Hall–Kier alpha value is -1.60. The van der Waals surface area contributed by atoms with Gasteiger partial charge in [0.2, 0.25) is 0 Å². The highest BCUT2D eigenvalue weighted by Crippen LogP contribution is 2.38. The second kappa shape index (κ2) is 4.25. The van der Waals surface area contributed by atoms with E-state index in [1.807, 2.05) is 19.1 Å². The van der Waals surface area contributed by atoms with Crippen LogP contribution in [0.1, 0.15) is 36.9 Å². The van der Waals surface area contributed by atoms with Crippen LogP contribution in [0.3, 0.4) is 0 Å². The van der Waals surface area contributed by atoms with Gasteiger partial charge in [-0.1, -0.05) is 0 Å². The summed E-state index contributed by atoms with van der Waals surface area (Å²) < 4.78 is 0. The van der Waals surface area contributed by atoms with E-state index in [2.05, 4.69) is 16.0 Å². The van der Waals surface area contributed by atoms with Crippen molar-refractivity contribution in [3.8, 4) is 6.07 Å². The largest absolute Gasteiger partial charge is 0.393 e. The van der Waals surface area contributed by atoms with Crippen molar-refractivity contribution in [2.75, 3.05) is 4.90 Å². The van der Waals surface area contributed by atoms with Crippen LogP contribution in [0.2, 0.25) is 0 Å². The Morgan fingerprint density at radius 2 is 2.00 bits per heavy atom. The lowest BCUT2D eigenvalue weighted by Gasteiger charge is -2.38. The number of hydrogen-bond acceptors (Lipinski definition) is 4. The van der Waals surface area contributed by atoms with E-state index in [4.69, 9.17) is 5.26 Å². The molecule has 4 heteroatoms. The number of aliphatic hydroxyl groups is 1. The maximum Gasteiger partial charge on any atom is 0.130 e. The molecule has 1 N–H and O–H groups in total. The number of nitriles is 1. The highest BCUT2D eigenvalue weighted by atomic mass is 16.3. The van der Waals surface area contributed by atoms with Gasteiger partial charge >= 0.3 is 0 Å². The molecule has 0 aromatic carbocycles. The standard InChI is InChI=1S/C14H17N3O/c1-9-4-10(8-15)5-14(16-9)17-11-2-3-12(17)7-13(18)6-11/h4-5,11-13,18H,2-3,6-7H2,1H3. The topological polar surface area (TPSA) is 60.2 Å². The molecule has 0 radical (unpaired) electrons. The van der Waals surface area contributed by atoms with Crippen molar-refractivity contribution in [3.05, 3.63) is 23.4 Å². The van der Waals surface area contributed by atoms with E-state index < -0.39 is 0 Å². The van der Waals surface area contributed by atoms with Crippen LogP contribution in [0.25, 0.3) is 0 Å². The van der Waals surface area contributed by atoms with Crippen LogP contribution in [0, 0.1) is 18.3 Å². The SMILES string of the molecule is Cc1cc(C#N)cc(N2C3CCC2CC(O)C3)n1. The average Bonchev–Trinajstić information content (AvgIpc) is 2.61. The molecule has 2 aliphatic rings. The molecule has 3 rings (SSSR count). The maximum absolute atomic E-state index is 9.81. The summed E-state index contributed by atoms with van der Waals surface area (Å²) in [5.41, 5.74) is 1.55. The average molecular weight is 243 g/mol. The number of hydrogen-bond donors (Lipinski definition) is 1. The predicted molar refractivity (Wildman–Crippen MR) is 68.2 cm³/mol. The third-order valence-corrected chi connectivity index (χ3v) is 4.04. The fraction of sp³-hybridized carbons (Fsp3) is 0.571. The zero-order valence-corrected chi connectivity index (χ0v) is 10.5. The summed E-state index contributed by atoms with van der Waals surface area (Å²) in [6.07, 6.45) is 3.74. The smallest absolute Gasteiger partial charge is 0.130 e. The van der Waals surface area contributed by atoms with Gasteiger partial charge in [0.15, 0.2) is 0 Å². The minimum absolute atomic E-state index is 0.168. The Balaban J connectivity index is 1.96. The van der Waals surface area contributed by atoms with Crippen molar-refractivity contribution in [1.82, 2.24) is 4.98 Å². The molecule has 0 amide bonds. The van der Waals surface area contributed by atoms with E-state index in [1.165, 1.54) is 0 Å². The lowest BCUT2D eigenvalue weighted by Crippen LogP contribution is -2.45. The molecule has 94 valence electrons. The zero-order chi connectivity index (χ0) is 12.7. The van der Waals surface area contributed by atoms with Gasteiger partial charge in [0.1, 0.15) is 5.82 Å². The molecule has 2 aliphatic heterocycles. The summed E-state index contributed by atoms with van der Waals surface area (Å²) in [4.78, 5) is 6.88. The van der Waals surface area contributed by atoms with Crippen LogP contribution >= 0.6 is 0 Å². The van der Waals surface area contributed by atoms with Gasteiger partial charge in [-0.05, 0) is 44.7 Å². The normalized spacial score (nSPS) is 30.3. The first-order valence-corrected chi connectivity index (χ1v) is 6.52. The molecular weight excluding hydrogens is 226 g/mol. The molecule has 0 aliphatic carbocycles. The first kappa shape index (κ1) is 11.5. The third kappa shape index (κ3) is 1.85. The van der Waals surface area contributed by atoms with Crippen LogP contribution < -0.4 is 4.90 Å². The summed E-state index contributed by atoms with van der Waals surface area (Å²) >= 11 is 0. The lowest BCUT2D eigenvalue weighted by molar-refractivity contribution is 0.126. The minimum atomic E-state index is -0.168. The number of piperidine rings is 1. The van der Waals surface area contributed by atoms with Gasteiger partial charge in [-0.2, -0.15) is 5.26 Å². The molecule has 2 unspecified atom stereocenters. The third-order valence-electron chi connectivity index (χ3n) is 4.04. The number of aliphatic hydroxyl groups excluding tert-OH is 1. The number of pyridine rings is 1. The van der Waals surface area contributed by atoms with E-state index in [-0.39, 0.29) is 6.10 Å². The lowest BCUT2D eigenvalue weighted by atomic mass is 10.00. The number of aromatic nitrogens is 1. The van der Waals surface area contributed by atoms with Crippen molar-refractivity contribution in [3.63, 3.8) is 0 Å². The second-order valence-electron chi connectivity index (χ2n) is 5.38. The van der Waals surface area contributed by atoms with Gasteiger partial charge in [-0.3, -0.25) is 0 Å². The maximum atomic E-state index is 9.81. The molecule has 1 aromatic heterocycles. The van der Waals surface area contributed by atoms with Gasteiger partial charge in [-0.15, -0.1) is 0 Å². The van der Waals surface area contributed by atoms with Gasteiger partial charge in [0.25, 0.3) is 0 Å². The number of anilines is 1. The molecule has 2 fully saturated rings. The van der Waals surface area contributed by atoms with Gasteiger partial charge in [-0.25, -0.2) is 4.98 Å². The first-order chi connectivity index (χ1) is 8.67. The van der Waals surface area contributed by atoms with Crippen LogP contribution in [-0.2, 0) is 0 Å². The fourth-order valence-corrected chi connectivity index (χ4v) is 3.37. The number of nitrogens with zero attached hydrogens (tertiary/aromatic N) is 3. The van der Waals surface area contributed by atoms with Crippen LogP contribution in [0.5, 0.6) is 0 Å². The van der Waals surface area contributed by atoms with Crippen molar-refractivity contribution in [1.29, 1.82) is 5.26 Å². The van der Waals surface area contributed by atoms with Gasteiger partial charge < -0.3 is 10.0 Å². The minimum Gasteiger partial charge on any atom is -0.393 e. The summed E-state index contributed by atoms with van der Waals surface area (Å²) in [5.74, 6) is 0.908. The van der Waals surface area contributed by atoms with Crippen molar-refractivity contribution in [2.45, 2.75) is 50.8 Å². The molecule has 0 spiro atoms. The van der Waals surface area contributed by atoms with E-state index in [0.717, 1.165) is 37.2 Å². The molecule has 4 nitrogen and oxygen atoms in total. The van der Waals surface area contributed by atoms with E-state index in [9.17, 15) is 5.11 Å². The molecule has 18 heavy (non-hydrogen) atoms. The molecule has 2 atom stereocenters. The summed E-state index contributed by atoms with van der Waals surface area (Å²) in [6.45, 7) is 1.92. The fourth-order valence-electron chi connectivity index (χ4n) is 3.37. The Labute approximate surface area is 107 Å². The van der Waals surface area contributed by atoms with E-state index >= 15 is 0 Å². The number of aryl methyl sites for hydroxylation is 1. The van der Waals surface area contributed by atoms with Crippen molar-refractivity contribution < 1.29 is 5.11 Å².